The van der Waals surface area contributed by atoms with Crippen molar-refractivity contribution in [3.05, 3.63) is 28.2 Å². The van der Waals surface area contributed by atoms with Gasteiger partial charge in [0, 0.05) is 11.0 Å². The lowest BCUT2D eigenvalue weighted by molar-refractivity contribution is 0.414. The van der Waals surface area contributed by atoms with Crippen LogP contribution in [-0.2, 0) is 6.54 Å². The van der Waals surface area contributed by atoms with Gasteiger partial charge in [0.1, 0.15) is 5.75 Å². The van der Waals surface area contributed by atoms with Crippen LogP contribution in [0.15, 0.2) is 22.7 Å². The Morgan fingerprint density at radius 3 is 2.83 bits per heavy atom. The Labute approximate surface area is 123 Å². The maximum Gasteiger partial charge on any atom is 0.119 e. The molecule has 2 nitrogen and oxygen atoms in total. The van der Waals surface area contributed by atoms with Crippen LogP contribution in [0.25, 0.3) is 0 Å². The van der Waals surface area contributed by atoms with Gasteiger partial charge in [-0.3, -0.25) is 0 Å². The molecule has 0 aromatic heterocycles. The predicted octanol–water partition coefficient (Wildman–Crippen LogP) is 4.08. The maximum atomic E-state index is 5.23. The number of ether oxygens (including phenoxy) is 1. The monoisotopic (exact) mass is 331 g/mol. The van der Waals surface area contributed by atoms with Crippen molar-refractivity contribution >= 4 is 27.7 Å². The first-order valence-corrected chi connectivity index (χ1v) is 8.48. The molecule has 18 heavy (non-hydrogen) atoms. The molecule has 4 heteroatoms. The van der Waals surface area contributed by atoms with Crippen molar-refractivity contribution in [1.82, 2.24) is 5.32 Å². The molecular formula is C14H22BrNOS. The zero-order valence-electron chi connectivity index (χ0n) is 11.2. The third-order valence-electron chi connectivity index (χ3n) is 2.77. The molecule has 0 heterocycles. The van der Waals surface area contributed by atoms with Gasteiger partial charge in [0.2, 0.25) is 0 Å². The van der Waals surface area contributed by atoms with Crippen molar-refractivity contribution in [2.45, 2.75) is 25.8 Å². The van der Waals surface area contributed by atoms with Gasteiger partial charge in [0.25, 0.3) is 0 Å². The number of hydrogen-bond acceptors (Lipinski definition) is 3. The van der Waals surface area contributed by atoms with Crippen molar-refractivity contribution in [3.63, 3.8) is 0 Å². The lowest BCUT2D eigenvalue weighted by Crippen LogP contribution is -2.15. The fraction of sp³-hybridized carbons (Fsp3) is 0.571. The molecule has 0 fully saturated rings. The van der Waals surface area contributed by atoms with E-state index < -0.39 is 0 Å². The fourth-order valence-electron chi connectivity index (χ4n) is 1.71. The second-order valence-corrected chi connectivity index (χ2v) is 6.03. The largest absolute Gasteiger partial charge is 0.497 e. The summed E-state index contributed by atoms with van der Waals surface area (Å²) in [6.45, 7) is 1.97. The van der Waals surface area contributed by atoms with E-state index in [2.05, 4.69) is 33.6 Å². The van der Waals surface area contributed by atoms with Crippen LogP contribution in [0.5, 0.6) is 5.75 Å². The maximum absolute atomic E-state index is 5.23. The molecule has 1 aromatic carbocycles. The fourth-order valence-corrected chi connectivity index (χ4v) is 2.59. The standard InChI is InChI=1S/C14H22BrNOS/c1-17-13-6-7-14(15)12(10-13)11-16-8-4-3-5-9-18-2/h6-7,10,16H,3-5,8-9,11H2,1-2H3. The van der Waals surface area contributed by atoms with Gasteiger partial charge in [-0.05, 0) is 55.2 Å². The topological polar surface area (TPSA) is 21.3 Å². The Balaban J connectivity index is 2.22. The Hall–Kier alpha value is -0.190. The van der Waals surface area contributed by atoms with Gasteiger partial charge >= 0.3 is 0 Å². The predicted molar refractivity (Wildman–Crippen MR) is 84.6 cm³/mol. The van der Waals surface area contributed by atoms with Gasteiger partial charge < -0.3 is 10.1 Å². The third-order valence-corrected chi connectivity index (χ3v) is 4.24. The number of rotatable bonds is 9. The van der Waals surface area contributed by atoms with Crippen LogP contribution in [0.4, 0.5) is 0 Å². The van der Waals surface area contributed by atoms with Crippen molar-refractivity contribution in [2.24, 2.45) is 0 Å². The van der Waals surface area contributed by atoms with Crippen molar-refractivity contribution in [1.29, 1.82) is 0 Å². The summed E-state index contributed by atoms with van der Waals surface area (Å²) in [5.41, 5.74) is 1.25. The number of nitrogens with one attached hydrogen (secondary N) is 1. The molecule has 0 spiro atoms. The summed E-state index contributed by atoms with van der Waals surface area (Å²) in [5.74, 6) is 2.19. The molecule has 0 radical (unpaired) electrons. The van der Waals surface area contributed by atoms with Gasteiger partial charge in [0.15, 0.2) is 0 Å². The van der Waals surface area contributed by atoms with Gasteiger partial charge in [-0.15, -0.1) is 0 Å². The van der Waals surface area contributed by atoms with E-state index in [1.165, 1.54) is 30.6 Å². The molecule has 0 bridgehead atoms. The summed E-state index contributed by atoms with van der Waals surface area (Å²) >= 11 is 5.49. The van der Waals surface area contributed by atoms with Crippen LogP contribution in [0.1, 0.15) is 24.8 Å². The van der Waals surface area contributed by atoms with Crippen LogP contribution in [0, 0.1) is 0 Å². The minimum atomic E-state index is 0.889. The number of benzene rings is 1. The Morgan fingerprint density at radius 2 is 2.11 bits per heavy atom. The van der Waals surface area contributed by atoms with Gasteiger partial charge in [-0.2, -0.15) is 11.8 Å². The van der Waals surface area contributed by atoms with Crippen LogP contribution >= 0.6 is 27.7 Å². The molecule has 1 rings (SSSR count). The molecule has 1 N–H and O–H groups in total. The van der Waals surface area contributed by atoms with Crippen LogP contribution in [-0.4, -0.2) is 25.7 Å². The molecule has 0 atom stereocenters. The normalized spacial score (nSPS) is 10.6. The lowest BCUT2D eigenvalue weighted by atomic mass is 10.2. The third kappa shape index (κ3) is 6.12. The summed E-state index contributed by atoms with van der Waals surface area (Å²) in [6, 6.07) is 6.08. The average molecular weight is 332 g/mol. The van der Waals surface area contributed by atoms with Crippen molar-refractivity contribution in [2.75, 3.05) is 25.7 Å². The van der Waals surface area contributed by atoms with Gasteiger partial charge in [-0.25, -0.2) is 0 Å². The molecule has 0 saturated heterocycles. The van der Waals surface area contributed by atoms with E-state index in [9.17, 15) is 0 Å². The van der Waals surface area contributed by atoms with E-state index in [-0.39, 0.29) is 0 Å². The zero-order valence-corrected chi connectivity index (χ0v) is 13.6. The highest BCUT2D eigenvalue weighted by atomic mass is 79.9. The highest BCUT2D eigenvalue weighted by Gasteiger charge is 2.01. The molecule has 0 unspecified atom stereocenters. The van der Waals surface area contributed by atoms with Gasteiger partial charge in [-0.1, -0.05) is 22.4 Å². The van der Waals surface area contributed by atoms with E-state index in [1.807, 2.05) is 23.9 Å². The molecule has 0 aliphatic rings. The molecule has 0 saturated carbocycles. The van der Waals surface area contributed by atoms with Crippen molar-refractivity contribution in [3.8, 4) is 5.75 Å². The molecule has 0 aliphatic carbocycles. The second-order valence-electron chi connectivity index (χ2n) is 4.19. The molecule has 1 aromatic rings. The first-order chi connectivity index (χ1) is 8.77. The number of methoxy groups -OCH3 is 1. The second kappa shape index (κ2) is 9.70. The molecule has 0 aliphatic heterocycles. The average Bonchev–Trinajstić information content (AvgIpc) is 2.39. The van der Waals surface area contributed by atoms with Crippen LogP contribution in [0.3, 0.4) is 0 Å². The van der Waals surface area contributed by atoms with E-state index in [0.717, 1.165) is 23.3 Å². The minimum absolute atomic E-state index is 0.889. The van der Waals surface area contributed by atoms with Crippen molar-refractivity contribution < 1.29 is 4.74 Å². The number of hydrogen-bond donors (Lipinski definition) is 1. The Bertz CT molecular complexity index is 347. The zero-order chi connectivity index (χ0) is 13.2. The SMILES string of the molecule is COc1ccc(Br)c(CNCCCCCSC)c1. The summed E-state index contributed by atoms with van der Waals surface area (Å²) in [7, 11) is 1.70. The lowest BCUT2D eigenvalue weighted by Gasteiger charge is -2.09. The summed E-state index contributed by atoms with van der Waals surface area (Å²) in [6.07, 6.45) is 6.06. The number of thioether (sulfide) groups is 1. The minimum Gasteiger partial charge on any atom is -0.497 e. The van der Waals surface area contributed by atoms with E-state index >= 15 is 0 Å². The highest BCUT2D eigenvalue weighted by Crippen LogP contribution is 2.22. The molecular weight excluding hydrogens is 310 g/mol. The number of unbranched alkanes of at least 4 members (excludes halogenated alkanes) is 2. The quantitative estimate of drug-likeness (QED) is 0.689. The highest BCUT2D eigenvalue weighted by molar-refractivity contribution is 9.10. The smallest absolute Gasteiger partial charge is 0.119 e. The first kappa shape index (κ1) is 15.9. The molecule has 0 amide bonds. The first-order valence-electron chi connectivity index (χ1n) is 6.30. The summed E-state index contributed by atoms with van der Waals surface area (Å²) in [4.78, 5) is 0. The van der Waals surface area contributed by atoms with E-state index in [1.54, 1.807) is 7.11 Å². The van der Waals surface area contributed by atoms with Crippen LogP contribution in [0.2, 0.25) is 0 Å². The summed E-state index contributed by atoms with van der Waals surface area (Å²) in [5, 5.41) is 3.48. The van der Waals surface area contributed by atoms with Crippen LogP contribution < -0.4 is 10.1 Å². The van der Waals surface area contributed by atoms with E-state index in [0.29, 0.717) is 0 Å². The summed E-state index contributed by atoms with van der Waals surface area (Å²) < 4.78 is 6.37. The van der Waals surface area contributed by atoms with Gasteiger partial charge in [0.05, 0.1) is 7.11 Å². The Morgan fingerprint density at radius 1 is 1.28 bits per heavy atom. The Kier molecular flexibility index (Phi) is 8.55. The molecule has 102 valence electrons. The van der Waals surface area contributed by atoms with E-state index in [4.69, 9.17) is 4.74 Å². The number of halogens is 1.